The van der Waals surface area contributed by atoms with E-state index in [0.29, 0.717) is 12.1 Å². The van der Waals surface area contributed by atoms with Crippen molar-refractivity contribution in [3.8, 4) is 0 Å². The van der Waals surface area contributed by atoms with Gasteiger partial charge in [-0.15, -0.1) is 12.4 Å². The molecular formula is C15H20ClN3. The first-order valence-electron chi connectivity index (χ1n) is 6.69. The highest BCUT2D eigenvalue weighted by molar-refractivity contribution is 5.85. The van der Waals surface area contributed by atoms with Crippen LogP contribution in [-0.2, 0) is 0 Å². The third kappa shape index (κ3) is 3.37. The maximum absolute atomic E-state index is 5.92. The molecule has 1 aliphatic rings. The number of fused-ring (bicyclic) bond motifs is 1. The second-order valence-electron chi connectivity index (χ2n) is 5.15. The molecule has 102 valence electrons. The van der Waals surface area contributed by atoms with Gasteiger partial charge in [-0.25, -0.2) is 4.98 Å². The van der Waals surface area contributed by atoms with E-state index in [2.05, 4.69) is 34.6 Å². The van der Waals surface area contributed by atoms with E-state index < -0.39 is 0 Å². The third-order valence-corrected chi connectivity index (χ3v) is 3.72. The first kappa shape index (κ1) is 14.1. The number of rotatable bonds is 2. The Morgan fingerprint density at radius 1 is 1.00 bits per heavy atom. The minimum absolute atomic E-state index is 0. The smallest absolute Gasteiger partial charge is 0.126 e. The summed E-state index contributed by atoms with van der Waals surface area (Å²) in [5.41, 5.74) is 6.97. The molecule has 1 heterocycles. The molecule has 1 saturated carbocycles. The van der Waals surface area contributed by atoms with Crippen LogP contribution in [0.5, 0.6) is 0 Å². The number of nitrogens with one attached hydrogen (secondary N) is 1. The fraction of sp³-hybridized carbons (Fsp3) is 0.400. The Balaban J connectivity index is 0.00000133. The lowest BCUT2D eigenvalue weighted by Gasteiger charge is -2.27. The summed E-state index contributed by atoms with van der Waals surface area (Å²) in [5, 5.41) is 4.72. The van der Waals surface area contributed by atoms with Crippen LogP contribution in [0.3, 0.4) is 0 Å². The van der Waals surface area contributed by atoms with E-state index in [1.807, 2.05) is 12.1 Å². The van der Waals surface area contributed by atoms with Crippen molar-refractivity contribution in [1.82, 2.24) is 4.98 Å². The van der Waals surface area contributed by atoms with Crippen molar-refractivity contribution in [2.75, 3.05) is 5.32 Å². The topological polar surface area (TPSA) is 50.9 Å². The van der Waals surface area contributed by atoms with Gasteiger partial charge >= 0.3 is 0 Å². The molecule has 4 heteroatoms. The Hall–Kier alpha value is -1.32. The van der Waals surface area contributed by atoms with E-state index in [1.54, 1.807) is 0 Å². The second kappa shape index (κ2) is 6.22. The predicted molar refractivity (Wildman–Crippen MR) is 82.8 cm³/mol. The summed E-state index contributed by atoms with van der Waals surface area (Å²) < 4.78 is 0. The lowest BCUT2D eigenvalue weighted by molar-refractivity contribution is 0.410. The minimum atomic E-state index is 0. The van der Waals surface area contributed by atoms with Gasteiger partial charge in [-0.3, -0.25) is 0 Å². The molecule has 1 aromatic heterocycles. The van der Waals surface area contributed by atoms with Crippen LogP contribution in [0, 0.1) is 0 Å². The van der Waals surface area contributed by atoms with Crippen molar-refractivity contribution < 1.29 is 0 Å². The maximum Gasteiger partial charge on any atom is 0.126 e. The van der Waals surface area contributed by atoms with E-state index in [-0.39, 0.29) is 12.4 Å². The molecule has 1 fully saturated rings. The SMILES string of the molecule is Cl.NC1CCC(Nc2ccc3ccccc3n2)CC1. The number of halogens is 1. The van der Waals surface area contributed by atoms with E-state index in [0.717, 1.165) is 37.0 Å². The average Bonchev–Trinajstić information content (AvgIpc) is 2.41. The zero-order valence-electron chi connectivity index (χ0n) is 10.9. The van der Waals surface area contributed by atoms with Crippen LogP contribution in [0.4, 0.5) is 5.82 Å². The normalized spacial score (nSPS) is 22.8. The highest BCUT2D eigenvalue weighted by atomic mass is 35.5. The number of hydrogen-bond acceptors (Lipinski definition) is 3. The van der Waals surface area contributed by atoms with Gasteiger partial charge in [0.05, 0.1) is 5.52 Å². The van der Waals surface area contributed by atoms with Crippen LogP contribution in [-0.4, -0.2) is 17.1 Å². The van der Waals surface area contributed by atoms with Gasteiger partial charge in [-0.05, 0) is 43.9 Å². The Labute approximate surface area is 120 Å². The van der Waals surface area contributed by atoms with Gasteiger partial charge in [0.15, 0.2) is 0 Å². The number of pyridine rings is 1. The van der Waals surface area contributed by atoms with Crippen LogP contribution in [0.1, 0.15) is 25.7 Å². The number of nitrogens with two attached hydrogens (primary N) is 1. The second-order valence-corrected chi connectivity index (χ2v) is 5.15. The summed E-state index contributed by atoms with van der Waals surface area (Å²) in [4.78, 5) is 4.65. The van der Waals surface area contributed by atoms with Crippen molar-refractivity contribution in [1.29, 1.82) is 0 Å². The average molecular weight is 278 g/mol. The molecule has 3 nitrogen and oxygen atoms in total. The van der Waals surface area contributed by atoms with Crippen molar-refractivity contribution in [3.05, 3.63) is 36.4 Å². The molecule has 0 unspecified atom stereocenters. The first-order valence-corrected chi connectivity index (χ1v) is 6.69. The molecular weight excluding hydrogens is 258 g/mol. The van der Waals surface area contributed by atoms with Crippen molar-refractivity contribution in [3.63, 3.8) is 0 Å². The molecule has 0 amide bonds. The first-order chi connectivity index (χ1) is 8.81. The maximum atomic E-state index is 5.92. The molecule has 0 aliphatic heterocycles. The summed E-state index contributed by atoms with van der Waals surface area (Å²) in [6, 6.07) is 13.3. The van der Waals surface area contributed by atoms with Crippen LogP contribution in [0.25, 0.3) is 10.9 Å². The van der Waals surface area contributed by atoms with E-state index in [9.17, 15) is 0 Å². The Bertz CT molecular complexity index is 536. The molecule has 0 radical (unpaired) electrons. The Morgan fingerprint density at radius 3 is 2.53 bits per heavy atom. The largest absolute Gasteiger partial charge is 0.367 e. The minimum Gasteiger partial charge on any atom is -0.367 e. The van der Waals surface area contributed by atoms with Gasteiger partial charge in [0.1, 0.15) is 5.82 Å². The summed E-state index contributed by atoms with van der Waals surface area (Å²) in [6.07, 6.45) is 4.53. The van der Waals surface area contributed by atoms with Crippen molar-refractivity contribution in [2.45, 2.75) is 37.8 Å². The quantitative estimate of drug-likeness (QED) is 0.885. The van der Waals surface area contributed by atoms with E-state index in [1.165, 1.54) is 5.39 Å². The fourth-order valence-electron chi connectivity index (χ4n) is 2.62. The van der Waals surface area contributed by atoms with Crippen LogP contribution in [0.2, 0.25) is 0 Å². The zero-order chi connectivity index (χ0) is 12.4. The fourth-order valence-corrected chi connectivity index (χ4v) is 2.62. The monoisotopic (exact) mass is 277 g/mol. The molecule has 0 atom stereocenters. The third-order valence-electron chi connectivity index (χ3n) is 3.72. The molecule has 1 aliphatic carbocycles. The summed E-state index contributed by atoms with van der Waals surface area (Å²) >= 11 is 0. The van der Waals surface area contributed by atoms with Crippen LogP contribution >= 0.6 is 12.4 Å². The molecule has 3 N–H and O–H groups in total. The number of para-hydroxylation sites is 1. The van der Waals surface area contributed by atoms with Gasteiger partial charge in [0.2, 0.25) is 0 Å². The lowest BCUT2D eigenvalue weighted by atomic mass is 9.92. The number of nitrogens with zero attached hydrogens (tertiary/aromatic N) is 1. The summed E-state index contributed by atoms with van der Waals surface area (Å²) in [5.74, 6) is 0.981. The molecule has 0 saturated heterocycles. The van der Waals surface area contributed by atoms with Crippen molar-refractivity contribution in [2.24, 2.45) is 5.73 Å². The van der Waals surface area contributed by atoms with Gasteiger partial charge in [-0.2, -0.15) is 0 Å². The molecule has 2 aromatic rings. The number of benzene rings is 1. The predicted octanol–water partition coefficient (Wildman–Crippen LogP) is 3.34. The van der Waals surface area contributed by atoms with Gasteiger partial charge in [-0.1, -0.05) is 18.2 Å². The molecule has 19 heavy (non-hydrogen) atoms. The van der Waals surface area contributed by atoms with Crippen LogP contribution < -0.4 is 11.1 Å². The highest BCUT2D eigenvalue weighted by Crippen LogP contribution is 2.21. The van der Waals surface area contributed by atoms with Gasteiger partial charge < -0.3 is 11.1 Å². The Morgan fingerprint density at radius 2 is 1.74 bits per heavy atom. The van der Waals surface area contributed by atoms with Crippen LogP contribution in [0.15, 0.2) is 36.4 Å². The standard InChI is InChI=1S/C15H19N3.ClH/c16-12-6-8-13(9-7-12)17-15-10-5-11-3-1-2-4-14(11)18-15;/h1-5,10,12-13H,6-9,16H2,(H,17,18);1H. The molecule has 0 bridgehead atoms. The Kier molecular flexibility index (Phi) is 4.61. The zero-order valence-corrected chi connectivity index (χ0v) is 11.7. The molecule has 0 spiro atoms. The van der Waals surface area contributed by atoms with Gasteiger partial charge in [0.25, 0.3) is 0 Å². The lowest BCUT2D eigenvalue weighted by Crippen LogP contribution is -2.32. The highest BCUT2D eigenvalue weighted by Gasteiger charge is 2.18. The van der Waals surface area contributed by atoms with Crippen molar-refractivity contribution >= 4 is 29.1 Å². The number of anilines is 1. The number of aromatic nitrogens is 1. The van der Waals surface area contributed by atoms with Gasteiger partial charge in [0, 0.05) is 17.5 Å². The summed E-state index contributed by atoms with van der Waals surface area (Å²) in [7, 11) is 0. The summed E-state index contributed by atoms with van der Waals surface area (Å²) in [6.45, 7) is 0. The van der Waals surface area contributed by atoms with E-state index >= 15 is 0 Å². The molecule has 1 aromatic carbocycles. The van der Waals surface area contributed by atoms with E-state index in [4.69, 9.17) is 5.73 Å². The molecule has 3 rings (SSSR count). The number of hydrogen-bond donors (Lipinski definition) is 2.